The van der Waals surface area contributed by atoms with Crippen molar-refractivity contribution >= 4 is 12.1 Å². The number of nitrogens with zero attached hydrogens (tertiary/aromatic N) is 1. The second kappa shape index (κ2) is 17.8. The molecular formula is C25H42N2O3. The van der Waals surface area contributed by atoms with Gasteiger partial charge in [-0.15, -0.1) is 0 Å². The zero-order chi connectivity index (χ0) is 21.9. The maximum absolute atomic E-state index is 11.9. The smallest absolute Gasteiger partial charge is 0.240 e. The van der Waals surface area contributed by atoms with Crippen LogP contribution >= 0.6 is 0 Å². The number of carbonyl (C=O) groups is 1. The van der Waals surface area contributed by atoms with E-state index in [1.807, 2.05) is 18.2 Å². The summed E-state index contributed by atoms with van der Waals surface area (Å²) in [6, 6.07) is 5.55. The molecule has 1 rings (SSSR count). The highest BCUT2D eigenvalue weighted by atomic mass is 16.5. The van der Waals surface area contributed by atoms with Crippen molar-refractivity contribution in [3.8, 4) is 11.5 Å². The van der Waals surface area contributed by atoms with E-state index in [2.05, 4.69) is 17.5 Å². The van der Waals surface area contributed by atoms with Crippen LogP contribution in [0.4, 0.5) is 0 Å². The molecule has 0 atom stereocenters. The van der Waals surface area contributed by atoms with Gasteiger partial charge in [0.1, 0.15) is 0 Å². The molecular weight excluding hydrogens is 376 g/mol. The van der Waals surface area contributed by atoms with E-state index < -0.39 is 0 Å². The number of amides is 1. The summed E-state index contributed by atoms with van der Waals surface area (Å²) in [5.74, 6) is 1.20. The molecule has 0 aliphatic heterocycles. The van der Waals surface area contributed by atoms with Crippen molar-refractivity contribution < 1.29 is 14.3 Å². The summed E-state index contributed by atoms with van der Waals surface area (Å²) >= 11 is 0. The number of para-hydroxylation sites is 1. The van der Waals surface area contributed by atoms with Gasteiger partial charge in [-0.3, -0.25) is 4.79 Å². The molecule has 1 N–H and O–H groups in total. The Labute approximate surface area is 183 Å². The van der Waals surface area contributed by atoms with E-state index in [1.165, 1.54) is 70.6 Å². The number of unbranched alkanes of at least 4 members (excludes halogenated alkanes) is 12. The lowest BCUT2D eigenvalue weighted by atomic mass is 10.0. The fraction of sp³-hybridized carbons (Fsp3) is 0.680. The summed E-state index contributed by atoms with van der Waals surface area (Å²) in [7, 11) is 3.18. The molecule has 30 heavy (non-hydrogen) atoms. The molecule has 0 saturated heterocycles. The summed E-state index contributed by atoms with van der Waals surface area (Å²) < 4.78 is 10.6. The average Bonchev–Trinajstić information content (AvgIpc) is 2.76. The molecule has 0 aliphatic rings. The molecule has 1 aromatic rings. The van der Waals surface area contributed by atoms with Gasteiger partial charge in [-0.25, -0.2) is 5.43 Å². The van der Waals surface area contributed by atoms with Gasteiger partial charge < -0.3 is 9.47 Å². The second-order valence-electron chi connectivity index (χ2n) is 7.87. The zero-order valence-corrected chi connectivity index (χ0v) is 19.4. The van der Waals surface area contributed by atoms with Gasteiger partial charge in [-0.05, 0) is 18.6 Å². The van der Waals surface area contributed by atoms with Crippen LogP contribution in [0.5, 0.6) is 11.5 Å². The van der Waals surface area contributed by atoms with Crippen molar-refractivity contribution in [2.75, 3.05) is 14.2 Å². The number of carbonyl (C=O) groups excluding carboxylic acids is 1. The topological polar surface area (TPSA) is 59.9 Å². The first kappa shape index (κ1) is 26.0. The average molecular weight is 419 g/mol. The SMILES string of the molecule is CCCCCCCCCCCCCCCC(=O)N/N=C\c1cccc(OC)c1OC. The lowest BCUT2D eigenvalue weighted by molar-refractivity contribution is -0.121. The molecule has 0 unspecified atom stereocenters. The molecule has 0 fully saturated rings. The maximum Gasteiger partial charge on any atom is 0.240 e. The zero-order valence-electron chi connectivity index (χ0n) is 19.4. The number of hydrogen-bond donors (Lipinski definition) is 1. The Morgan fingerprint density at radius 1 is 0.867 bits per heavy atom. The number of hydrazone groups is 1. The van der Waals surface area contributed by atoms with Crippen LogP contribution < -0.4 is 14.9 Å². The molecule has 5 nitrogen and oxygen atoms in total. The standard InChI is InChI=1S/C25H42N2O3/c1-4-5-6-7-8-9-10-11-12-13-14-15-16-20-24(28)27-26-21-22-18-17-19-23(29-2)25(22)30-3/h17-19,21H,4-16,20H2,1-3H3,(H,27,28)/b26-21-. The fourth-order valence-corrected chi connectivity index (χ4v) is 3.55. The molecule has 0 heterocycles. The van der Waals surface area contributed by atoms with Gasteiger partial charge in [0.05, 0.1) is 20.4 Å². The molecule has 0 saturated carbocycles. The Bertz CT molecular complexity index is 602. The van der Waals surface area contributed by atoms with Crippen molar-refractivity contribution in [3.05, 3.63) is 23.8 Å². The minimum atomic E-state index is -0.0452. The van der Waals surface area contributed by atoms with Gasteiger partial charge in [-0.2, -0.15) is 5.10 Å². The molecule has 0 spiro atoms. The van der Waals surface area contributed by atoms with Crippen LogP contribution in [0.25, 0.3) is 0 Å². The van der Waals surface area contributed by atoms with Crippen LogP contribution in [0.2, 0.25) is 0 Å². The number of hydrogen-bond acceptors (Lipinski definition) is 4. The van der Waals surface area contributed by atoms with E-state index >= 15 is 0 Å². The highest BCUT2D eigenvalue weighted by Gasteiger charge is 2.07. The van der Waals surface area contributed by atoms with Crippen molar-refractivity contribution in [2.24, 2.45) is 5.10 Å². The van der Waals surface area contributed by atoms with Gasteiger partial charge in [0.25, 0.3) is 0 Å². The van der Waals surface area contributed by atoms with E-state index in [-0.39, 0.29) is 5.91 Å². The summed E-state index contributed by atoms with van der Waals surface area (Å²) in [5, 5.41) is 4.05. The third-order valence-corrected chi connectivity index (χ3v) is 5.33. The summed E-state index contributed by atoms with van der Waals surface area (Å²) in [4.78, 5) is 11.9. The first-order chi connectivity index (χ1) is 14.7. The lowest BCUT2D eigenvalue weighted by Gasteiger charge is -2.09. The highest BCUT2D eigenvalue weighted by Crippen LogP contribution is 2.29. The van der Waals surface area contributed by atoms with Crippen molar-refractivity contribution in [1.82, 2.24) is 5.43 Å². The number of methoxy groups -OCH3 is 2. The van der Waals surface area contributed by atoms with Gasteiger partial charge in [-0.1, -0.05) is 90.0 Å². The van der Waals surface area contributed by atoms with Crippen LogP contribution in [-0.4, -0.2) is 26.3 Å². The number of rotatable bonds is 18. The Balaban J connectivity index is 2.03. The van der Waals surface area contributed by atoms with Gasteiger partial charge >= 0.3 is 0 Å². The molecule has 0 aromatic heterocycles. The molecule has 1 aromatic carbocycles. The molecule has 0 aliphatic carbocycles. The lowest BCUT2D eigenvalue weighted by Crippen LogP contribution is -2.17. The first-order valence-electron chi connectivity index (χ1n) is 11.8. The number of ether oxygens (including phenoxy) is 2. The fourth-order valence-electron chi connectivity index (χ4n) is 3.55. The van der Waals surface area contributed by atoms with Gasteiger partial charge in [0.15, 0.2) is 11.5 Å². The molecule has 170 valence electrons. The van der Waals surface area contributed by atoms with Gasteiger partial charge in [0, 0.05) is 12.0 Å². The summed E-state index contributed by atoms with van der Waals surface area (Å²) in [6.07, 6.45) is 19.0. The third kappa shape index (κ3) is 11.8. The predicted molar refractivity (Wildman–Crippen MR) is 126 cm³/mol. The number of nitrogens with one attached hydrogen (secondary N) is 1. The van der Waals surface area contributed by atoms with E-state index in [0.29, 0.717) is 17.9 Å². The summed E-state index contributed by atoms with van der Waals surface area (Å²) in [5.41, 5.74) is 3.36. The van der Waals surface area contributed by atoms with Crippen LogP contribution in [0.1, 0.15) is 102 Å². The Morgan fingerprint density at radius 2 is 1.43 bits per heavy atom. The van der Waals surface area contributed by atoms with Crippen LogP contribution in [-0.2, 0) is 4.79 Å². The van der Waals surface area contributed by atoms with Crippen molar-refractivity contribution in [2.45, 2.75) is 96.8 Å². The monoisotopic (exact) mass is 418 g/mol. The van der Waals surface area contributed by atoms with Crippen LogP contribution in [0.3, 0.4) is 0 Å². The summed E-state index contributed by atoms with van der Waals surface area (Å²) in [6.45, 7) is 2.27. The van der Waals surface area contributed by atoms with Crippen LogP contribution in [0.15, 0.2) is 23.3 Å². The second-order valence-corrected chi connectivity index (χ2v) is 7.87. The number of benzene rings is 1. The van der Waals surface area contributed by atoms with E-state index in [0.717, 1.165) is 18.4 Å². The molecule has 5 heteroatoms. The Hall–Kier alpha value is -2.04. The van der Waals surface area contributed by atoms with E-state index in [1.54, 1.807) is 20.4 Å². The third-order valence-electron chi connectivity index (χ3n) is 5.33. The molecule has 1 amide bonds. The van der Waals surface area contributed by atoms with Crippen molar-refractivity contribution in [1.29, 1.82) is 0 Å². The minimum absolute atomic E-state index is 0.0452. The predicted octanol–water partition coefficient (Wildman–Crippen LogP) is 6.64. The maximum atomic E-state index is 11.9. The Morgan fingerprint density at radius 3 is 1.97 bits per heavy atom. The van der Waals surface area contributed by atoms with Crippen molar-refractivity contribution in [3.63, 3.8) is 0 Å². The normalized spacial score (nSPS) is 11.0. The van der Waals surface area contributed by atoms with E-state index in [4.69, 9.17) is 9.47 Å². The Kier molecular flexibility index (Phi) is 15.4. The molecule has 0 bridgehead atoms. The highest BCUT2D eigenvalue weighted by molar-refractivity contribution is 5.86. The molecule has 0 radical (unpaired) electrons. The minimum Gasteiger partial charge on any atom is -0.493 e. The van der Waals surface area contributed by atoms with Crippen LogP contribution in [0, 0.1) is 0 Å². The quantitative estimate of drug-likeness (QED) is 0.165. The first-order valence-corrected chi connectivity index (χ1v) is 11.8. The van der Waals surface area contributed by atoms with E-state index in [9.17, 15) is 4.79 Å². The van der Waals surface area contributed by atoms with Gasteiger partial charge in [0.2, 0.25) is 5.91 Å². The largest absolute Gasteiger partial charge is 0.493 e.